The monoisotopic (exact) mass is 1240 g/mol. The fraction of sp³-hybridized carbons (Fsp3) is 0.631. The van der Waals surface area contributed by atoms with Crippen LogP contribution >= 0.6 is 0 Å². The highest BCUT2D eigenvalue weighted by molar-refractivity contribution is 5.96. The molecular formula is C65H98N4O19. The van der Waals surface area contributed by atoms with E-state index in [9.17, 15) is 70.2 Å². The van der Waals surface area contributed by atoms with E-state index < -0.39 is 160 Å². The number of carbonyl (C=O) groups is 4. The fourth-order valence-corrected chi connectivity index (χ4v) is 11.4. The Kier molecular flexibility index (Phi) is 31.7. The molecular weight excluding hydrogens is 1140 g/mol. The number of ketones is 2. The number of hydrogen-bond acceptors (Lipinski definition) is 22. The summed E-state index contributed by atoms with van der Waals surface area (Å²) in [6.07, 6.45) is 3.27. The highest BCUT2D eigenvalue weighted by Gasteiger charge is 2.51. The lowest BCUT2D eigenvalue weighted by Gasteiger charge is -2.46. The van der Waals surface area contributed by atoms with Crippen LogP contribution in [0, 0.1) is 17.8 Å². The van der Waals surface area contributed by atoms with Crippen molar-refractivity contribution in [2.75, 3.05) is 51.8 Å². The molecule has 2 bridgehead atoms. The summed E-state index contributed by atoms with van der Waals surface area (Å²) in [5.74, 6) is -6.48. The third kappa shape index (κ3) is 25.6. The van der Waals surface area contributed by atoms with Crippen LogP contribution in [0.4, 0.5) is 5.69 Å². The van der Waals surface area contributed by atoms with Gasteiger partial charge in [0.1, 0.15) is 18.0 Å². The topological polar surface area (TPSA) is 370 Å². The van der Waals surface area contributed by atoms with Gasteiger partial charge >= 0.3 is 5.97 Å². The van der Waals surface area contributed by atoms with Gasteiger partial charge in [-0.1, -0.05) is 98.9 Å². The van der Waals surface area contributed by atoms with Crippen molar-refractivity contribution < 1.29 is 93.9 Å². The highest BCUT2D eigenvalue weighted by atomic mass is 16.7. The average Bonchev–Trinajstić information content (AvgIpc) is 0.946. The number of ether oxygens (including phenoxy) is 5. The average molecular weight is 1240 g/mol. The van der Waals surface area contributed by atoms with Gasteiger partial charge in [-0.05, 0) is 69.2 Å². The number of aliphatic hydroxyl groups is 10. The number of aliphatic hydroxyl groups excluding tert-OH is 9. The summed E-state index contributed by atoms with van der Waals surface area (Å²) in [7, 11) is 1.77. The number of benzene rings is 1. The van der Waals surface area contributed by atoms with Crippen molar-refractivity contribution >= 4 is 29.1 Å². The van der Waals surface area contributed by atoms with Crippen molar-refractivity contribution in [3.63, 3.8) is 0 Å². The van der Waals surface area contributed by atoms with Crippen molar-refractivity contribution in [2.45, 2.75) is 195 Å². The number of fused-ring (bicyclic) bond motifs is 2. The van der Waals surface area contributed by atoms with Gasteiger partial charge in [0.25, 0.3) is 0 Å². The molecule has 23 heteroatoms. The molecule has 492 valence electrons. The predicted molar refractivity (Wildman–Crippen MR) is 328 cm³/mol. The lowest BCUT2D eigenvalue weighted by Crippen LogP contribution is -2.62. The molecule has 19 atom stereocenters. The Morgan fingerprint density at radius 2 is 1.32 bits per heavy atom. The van der Waals surface area contributed by atoms with Crippen molar-refractivity contribution in [2.24, 2.45) is 23.5 Å². The normalized spacial score (nSPS) is 36.2. The molecule has 0 spiro atoms. The minimum atomic E-state index is -2.29. The largest absolute Gasteiger partial charge is 0.461 e. The zero-order valence-electron chi connectivity index (χ0n) is 51.2. The van der Waals surface area contributed by atoms with Crippen molar-refractivity contribution in [1.29, 1.82) is 0 Å². The number of esters is 1. The Morgan fingerprint density at radius 1 is 0.739 bits per heavy atom. The minimum Gasteiger partial charge on any atom is -0.461 e. The molecule has 88 heavy (non-hydrogen) atoms. The maximum Gasteiger partial charge on any atom is 0.308 e. The van der Waals surface area contributed by atoms with E-state index >= 15 is 0 Å². The zero-order valence-corrected chi connectivity index (χ0v) is 51.2. The fourth-order valence-electron chi connectivity index (χ4n) is 11.4. The van der Waals surface area contributed by atoms with Crippen molar-refractivity contribution in [3.05, 3.63) is 115 Å². The van der Waals surface area contributed by atoms with Gasteiger partial charge in [0.2, 0.25) is 5.91 Å². The summed E-state index contributed by atoms with van der Waals surface area (Å²) >= 11 is 0. The second kappa shape index (κ2) is 37.9. The third-order valence-electron chi connectivity index (χ3n) is 16.2. The Labute approximate surface area is 516 Å². The second-order valence-electron chi connectivity index (χ2n) is 23.8. The van der Waals surface area contributed by atoms with Crippen molar-refractivity contribution in [1.82, 2.24) is 10.2 Å². The molecule has 3 fully saturated rings. The van der Waals surface area contributed by atoms with E-state index in [1.807, 2.05) is 19.9 Å². The SMILES string of the molecule is CNc1ccc(C(=O)CC(O)CCC(C)C2OC(=O)CC(O)CC(=O)CC(O)CC(O)CC(O)CC(O)CC3(O)CC(O)C(C(=O)NCCN4CCOCC4)C(CC(OC4OC(C)C(O)C(N)C4O)C=C\C=C/C=C\C=C/C=C\C=C/C=CC2C)O3)cc1. The molecule has 4 heterocycles. The van der Waals surface area contributed by atoms with E-state index in [1.165, 1.54) is 0 Å². The van der Waals surface area contributed by atoms with E-state index in [4.69, 9.17) is 29.4 Å². The predicted octanol–water partition coefficient (Wildman–Crippen LogP) is 2.11. The summed E-state index contributed by atoms with van der Waals surface area (Å²) < 4.78 is 29.8. The first-order chi connectivity index (χ1) is 41.9. The number of amides is 1. The standard InChI is InChI=1S/C65H98N4O19/c1-41-17-15-13-11-9-7-5-6-8-10-12-14-16-18-53(86-64-61(81)59(66)60(80)43(3)85-64)38-56-58(63(82)68-25-26-69-27-29-84-30-28-69)55(78)40-65(83,88-56)39-52(76)35-50(74)33-48(72)31-47(71)32-49(73)34-51(75)37-57(79)87-62(41)42(2)19-24-46(70)36-54(77)44-20-22-45(67-4)23-21-44/h5-18,20-23,41-43,46-48,50-53,55-56,58-62,64,67,70-72,74-76,78,80-81,83H,19,24-40,66H2,1-4H3,(H,68,82)/b6-5-,9-7-,10-8-,13-11-,14-12-,17-15?,18-16?. The summed E-state index contributed by atoms with van der Waals surface area (Å²) in [5.41, 5.74) is 7.47. The molecule has 0 aromatic heterocycles. The van der Waals surface area contributed by atoms with Crippen LogP contribution in [0.1, 0.15) is 108 Å². The molecule has 5 rings (SSSR count). The van der Waals surface area contributed by atoms with Gasteiger partial charge < -0.3 is 91.1 Å². The van der Waals surface area contributed by atoms with Gasteiger partial charge in [0.05, 0.1) is 98.7 Å². The highest BCUT2D eigenvalue weighted by Crippen LogP contribution is 2.38. The van der Waals surface area contributed by atoms with Crippen LogP contribution in [0.3, 0.4) is 0 Å². The van der Waals surface area contributed by atoms with Gasteiger partial charge in [-0.25, -0.2) is 0 Å². The first-order valence-corrected chi connectivity index (χ1v) is 30.8. The van der Waals surface area contributed by atoms with Crippen LogP contribution in [0.25, 0.3) is 0 Å². The number of morpholine rings is 1. The number of nitrogens with two attached hydrogens (primary N) is 1. The number of cyclic esters (lactones) is 1. The molecule has 14 N–H and O–H groups in total. The maximum absolute atomic E-state index is 14.1. The van der Waals surface area contributed by atoms with E-state index in [2.05, 4.69) is 15.5 Å². The Morgan fingerprint density at radius 3 is 1.94 bits per heavy atom. The molecule has 1 aromatic carbocycles. The Balaban J connectivity index is 1.35. The Hall–Kier alpha value is -5.16. The molecule has 0 saturated carbocycles. The molecule has 1 amide bonds. The number of nitrogens with zero attached hydrogens (tertiary/aromatic N) is 1. The molecule has 4 aliphatic rings. The summed E-state index contributed by atoms with van der Waals surface area (Å²) in [6.45, 7) is 8.41. The lowest BCUT2D eigenvalue weighted by molar-refractivity contribution is -0.307. The van der Waals surface area contributed by atoms with Gasteiger partial charge in [-0.2, -0.15) is 0 Å². The number of hydrogen-bond donors (Lipinski definition) is 13. The first kappa shape index (κ1) is 73.6. The van der Waals surface area contributed by atoms with Crippen LogP contribution in [0.5, 0.6) is 0 Å². The summed E-state index contributed by atoms with van der Waals surface area (Å²) in [4.78, 5) is 55.6. The summed E-state index contributed by atoms with van der Waals surface area (Å²) in [6, 6.07) is 5.77. The number of nitrogens with one attached hydrogen (secondary N) is 2. The smallest absolute Gasteiger partial charge is 0.308 e. The van der Waals surface area contributed by atoms with E-state index in [-0.39, 0.29) is 56.3 Å². The quantitative estimate of drug-likeness (QED) is 0.0937. The number of anilines is 1. The van der Waals surface area contributed by atoms with Gasteiger partial charge in [-0.15, -0.1) is 0 Å². The first-order valence-electron chi connectivity index (χ1n) is 30.8. The molecule has 0 radical (unpaired) electrons. The van der Waals surface area contributed by atoms with Gasteiger partial charge in [0.15, 0.2) is 17.9 Å². The van der Waals surface area contributed by atoms with Gasteiger partial charge in [-0.3, -0.25) is 24.1 Å². The molecule has 3 saturated heterocycles. The maximum atomic E-state index is 14.1. The third-order valence-corrected chi connectivity index (χ3v) is 16.2. The van der Waals surface area contributed by atoms with Crippen LogP contribution in [-0.4, -0.2) is 223 Å². The molecule has 0 aliphatic carbocycles. The van der Waals surface area contributed by atoms with Crippen molar-refractivity contribution in [3.8, 4) is 0 Å². The van der Waals surface area contributed by atoms with E-state index in [1.54, 1.807) is 117 Å². The number of Topliss-reactive ketones (excluding diaryl/α,β-unsaturated/α-hetero) is 2. The number of rotatable bonds is 14. The second-order valence-corrected chi connectivity index (χ2v) is 23.8. The summed E-state index contributed by atoms with van der Waals surface area (Å²) in [5, 5.41) is 117. The molecule has 1 aromatic rings. The lowest BCUT2D eigenvalue weighted by atomic mass is 9.82. The number of allylic oxidation sites excluding steroid dienone is 12. The van der Waals surface area contributed by atoms with E-state index in [0.29, 0.717) is 44.8 Å². The Bertz CT molecular complexity index is 2500. The zero-order chi connectivity index (χ0) is 64.3. The van der Waals surface area contributed by atoms with Gasteiger partial charge in [0, 0.05) is 88.9 Å². The van der Waals surface area contributed by atoms with E-state index in [0.717, 1.165) is 5.69 Å². The van der Waals surface area contributed by atoms with Crippen LogP contribution < -0.4 is 16.4 Å². The number of carbonyl (C=O) groups excluding carboxylic acids is 4. The van der Waals surface area contributed by atoms with Crippen LogP contribution in [0.2, 0.25) is 0 Å². The molecule has 23 nitrogen and oxygen atoms in total. The van der Waals surface area contributed by atoms with Crippen LogP contribution in [-0.2, 0) is 38.1 Å². The molecule has 19 unspecified atom stereocenters. The molecule has 4 aliphatic heterocycles. The van der Waals surface area contributed by atoms with Crippen LogP contribution in [0.15, 0.2) is 109 Å². The minimum absolute atomic E-state index is 0.103.